The van der Waals surface area contributed by atoms with Crippen LogP contribution in [0.15, 0.2) is 30.3 Å². The number of nitrogens with zero attached hydrogens (tertiary/aromatic N) is 1. The standard InChI is InChI=1S/C19H31NO2/c1-5-16(4)18(17-12-9-8-10-13-17)19(21)22-15-11-14-20(6-2)7-3/h8-10,12-13,16,18H,5-7,11,14-15H2,1-4H3/t16-,18+/m0/s1. The van der Waals surface area contributed by atoms with E-state index >= 15 is 0 Å². The quantitative estimate of drug-likeness (QED) is 0.481. The Bertz CT molecular complexity index is 415. The lowest BCUT2D eigenvalue weighted by atomic mass is 9.86. The summed E-state index contributed by atoms with van der Waals surface area (Å²) in [6, 6.07) is 9.99. The first-order valence-electron chi connectivity index (χ1n) is 8.57. The van der Waals surface area contributed by atoms with Crippen molar-refractivity contribution in [3.05, 3.63) is 35.9 Å². The van der Waals surface area contributed by atoms with Gasteiger partial charge in [-0.05, 0) is 31.0 Å². The van der Waals surface area contributed by atoms with Crippen molar-refractivity contribution in [2.45, 2.75) is 46.5 Å². The number of benzene rings is 1. The molecule has 3 heteroatoms. The number of esters is 1. The van der Waals surface area contributed by atoms with E-state index in [-0.39, 0.29) is 17.8 Å². The minimum atomic E-state index is -0.153. The molecule has 1 rings (SSSR count). The van der Waals surface area contributed by atoms with Gasteiger partial charge in [0.15, 0.2) is 0 Å². The number of hydrogen-bond donors (Lipinski definition) is 0. The normalized spacial score (nSPS) is 13.9. The SMILES string of the molecule is CC[C@H](C)[C@@H](C(=O)OCCCN(CC)CC)c1ccccc1. The largest absolute Gasteiger partial charge is 0.465 e. The zero-order valence-corrected chi connectivity index (χ0v) is 14.5. The molecule has 0 aromatic heterocycles. The van der Waals surface area contributed by atoms with Crippen LogP contribution in [0, 0.1) is 5.92 Å². The third-order valence-corrected chi connectivity index (χ3v) is 4.38. The molecule has 0 saturated heterocycles. The van der Waals surface area contributed by atoms with Crippen LogP contribution < -0.4 is 0 Å². The van der Waals surface area contributed by atoms with Gasteiger partial charge in [-0.1, -0.05) is 64.4 Å². The molecule has 2 atom stereocenters. The summed E-state index contributed by atoms with van der Waals surface area (Å²) in [6.45, 7) is 12.1. The van der Waals surface area contributed by atoms with Crippen LogP contribution in [-0.4, -0.2) is 37.1 Å². The van der Waals surface area contributed by atoms with Crippen LogP contribution in [0.3, 0.4) is 0 Å². The van der Waals surface area contributed by atoms with Gasteiger partial charge >= 0.3 is 5.97 Å². The van der Waals surface area contributed by atoms with Crippen molar-refractivity contribution in [3.63, 3.8) is 0 Å². The van der Waals surface area contributed by atoms with E-state index in [9.17, 15) is 4.79 Å². The summed E-state index contributed by atoms with van der Waals surface area (Å²) >= 11 is 0. The maximum absolute atomic E-state index is 12.5. The zero-order valence-electron chi connectivity index (χ0n) is 14.5. The van der Waals surface area contributed by atoms with E-state index in [1.807, 2.05) is 30.3 Å². The maximum Gasteiger partial charge on any atom is 0.313 e. The van der Waals surface area contributed by atoms with E-state index in [4.69, 9.17) is 4.74 Å². The Kier molecular flexibility index (Phi) is 8.83. The Balaban J connectivity index is 2.55. The molecular formula is C19H31NO2. The fraction of sp³-hybridized carbons (Fsp3) is 0.632. The smallest absolute Gasteiger partial charge is 0.313 e. The van der Waals surface area contributed by atoms with Crippen LogP contribution in [0.2, 0.25) is 0 Å². The highest BCUT2D eigenvalue weighted by Crippen LogP contribution is 2.28. The second-order valence-electron chi connectivity index (χ2n) is 5.82. The summed E-state index contributed by atoms with van der Waals surface area (Å²) < 4.78 is 5.56. The molecule has 0 aliphatic heterocycles. The molecule has 0 aliphatic carbocycles. The van der Waals surface area contributed by atoms with E-state index < -0.39 is 0 Å². The molecule has 0 saturated carbocycles. The van der Waals surface area contributed by atoms with Gasteiger partial charge in [0.1, 0.15) is 0 Å². The molecule has 22 heavy (non-hydrogen) atoms. The lowest BCUT2D eigenvalue weighted by molar-refractivity contribution is -0.147. The van der Waals surface area contributed by atoms with E-state index in [1.165, 1.54) is 0 Å². The number of rotatable bonds is 10. The Labute approximate surface area is 135 Å². The molecule has 0 aliphatic rings. The number of carbonyl (C=O) groups is 1. The Morgan fingerprint density at radius 2 is 1.77 bits per heavy atom. The van der Waals surface area contributed by atoms with Crippen molar-refractivity contribution in [2.75, 3.05) is 26.2 Å². The van der Waals surface area contributed by atoms with E-state index in [1.54, 1.807) is 0 Å². The number of hydrogen-bond acceptors (Lipinski definition) is 3. The predicted molar refractivity (Wildman–Crippen MR) is 92.0 cm³/mol. The predicted octanol–water partition coefficient (Wildman–Crippen LogP) is 4.09. The number of carbonyl (C=O) groups excluding carboxylic acids is 1. The highest BCUT2D eigenvalue weighted by atomic mass is 16.5. The van der Waals surface area contributed by atoms with Gasteiger partial charge in [0.05, 0.1) is 12.5 Å². The topological polar surface area (TPSA) is 29.5 Å². The molecular weight excluding hydrogens is 274 g/mol. The van der Waals surface area contributed by atoms with Crippen LogP contribution in [0.1, 0.15) is 52.0 Å². The summed E-state index contributed by atoms with van der Waals surface area (Å²) in [5.74, 6) is 0.0532. The van der Waals surface area contributed by atoms with Crippen LogP contribution in [0.25, 0.3) is 0 Å². The van der Waals surface area contributed by atoms with Crippen LogP contribution >= 0.6 is 0 Å². The summed E-state index contributed by atoms with van der Waals surface area (Å²) in [5, 5.41) is 0. The molecule has 0 spiro atoms. The van der Waals surface area contributed by atoms with Gasteiger partial charge in [0, 0.05) is 6.54 Å². The lowest BCUT2D eigenvalue weighted by Crippen LogP contribution is -2.26. The molecule has 0 bridgehead atoms. The first-order valence-corrected chi connectivity index (χ1v) is 8.57. The average Bonchev–Trinajstić information content (AvgIpc) is 2.56. The summed E-state index contributed by atoms with van der Waals surface area (Å²) in [5.41, 5.74) is 1.06. The van der Waals surface area contributed by atoms with Gasteiger partial charge in [-0.2, -0.15) is 0 Å². The summed E-state index contributed by atoms with van der Waals surface area (Å²) in [7, 11) is 0. The lowest BCUT2D eigenvalue weighted by Gasteiger charge is -2.22. The molecule has 0 amide bonds. The van der Waals surface area contributed by atoms with Crippen molar-refractivity contribution in [3.8, 4) is 0 Å². The highest BCUT2D eigenvalue weighted by Gasteiger charge is 2.27. The van der Waals surface area contributed by atoms with E-state index in [2.05, 4.69) is 32.6 Å². The first-order chi connectivity index (χ1) is 10.6. The second-order valence-corrected chi connectivity index (χ2v) is 5.82. The molecule has 0 heterocycles. The Morgan fingerprint density at radius 3 is 2.32 bits per heavy atom. The molecule has 1 aromatic carbocycles. The molecule has 0 unspecified atom stereocenters. The maximum atomic E-state index is 12.5. The average molecular weight is 305 g/mol. The third kappa shape index (κ3) is 5.80. The van der Waals surface area contributed by atoms with E-state index in [0.717, 1.165) is 38.0 Å². The van der Waals surface area contributed by atoms with Crippen molar-refractivity contribution in [1.82, 2.24) is 4.90 Å². The monoisotopic (exact) mass is 305 g/mol. The minimum Gasteiger partial charge on any atom is -0.465 e. The molecule has 0 radical (unpaired) electrons. The van der Waals surface area contributed by atoms with Crippen molar-refractivity contribution in [2.24, 2.45) is 5.92 Å². The fourth-order valence-corrected chi connectivity index (χ4v) is 2.68. The van der Waals surface area contributed by atoms with E-state index in [0.29, 0.717) is 6.61 Å². The van der Waals surface area contributed by atoms with Crippen LogP contribution in [0.5, 0.6) is 0 Å². The Morgan fingerprint density at radius 1 is 1.14 bits per heavy atom. The van der Waals surface area contributed by atoms with Gasteiger partial charge < -0.3 is 9.64 Å². The second kappa shape index (κ2) is 10.4. The Hall–Kier alpha value is -1.35. The van der Waals surface area contributed by atoms with Gasteiger partial charge in [-0.15, -0.1) is 0 Å². The zero-order chi connectivity index (χ0) is 16.4. The highest BCUT2D eigenvalue weighted by molar-refractivity contribution is 5.78. The molecule has 1 aromatic rings. The fourth-order valence-electron chi connectivity index (χ4n) is 2.68. The van der Waals surface area contributed by atoms with Gasteiger partial charge in [-0.25, -0.2) is 0 Å². The van der Waals surface area contributed by atoms with Crippen molar-refractivity contribution < 1.29 is 9.53 Å². The van der Waals surface area contributed by atoms with Gasteiger partial charge in [-0.3, -0.25) is 4.79 Å². The van der Waals surface area contributed by atoms with Crippen LogP contribution in [0.4, 0.5) is 0 Å². The number of ether oxygens (including phenoxy) is 1. The molecule has 0 fully saturated rings. The molecule has 124 valence electrons. The van der Waals surface area contributed by atoms with Crippen molar-refractivity contribution in [1.29, 1.82) is 0 Å². The van der Waals surface area contributed by atoms with Gasteiger partial charge in [0.25, 0.3) is 0 Å². The molecule has 0 N–H and O–H groups in total. The van der Waals surface area contributed by atoms with Gasteiger partial charge in [0.2, 0.25) is 0 Å². The summed E-state index contributed by atoms with van der Waals surface area (Å²) in [4.78, 5) is 14.8. The third-order valence-electron chi connectivity index (χ3n) is 4.38. The van der Waals surface area contributed by atoms with Crippen LogP contribution in [-0.2, 0) is 9.53 Å². The summed E-state index contributed by atoms with van der Waals surface area (Å²) in [6.07, 6.45) is 1.86. The first kappa shape index (κ1) is 18.7. The minimum absolute atomic E-state index is 0.0832. The van der Waals surface area contributed by atoms with Crippen molar-refractivity contribution >= 4 is 5.97 Å². The molecule has 3 nitrogen and oxygen atoms in total.